The highest BCUT2D eigenvalue weighted by Crippen LogP contribution is 2.54. The van der Waals surface area contributed by atoms with Crippen LogP contribution in [0.1, 0.15) is 22.3 Å². The Balaban J connectivity index is 0.000000234. The Morgan fingerprint density at radius 2 is 0.473 bits per heavy atom. The summed E-state index contributed by atoms with van der Waals surface area (Å²) in [7, 11) is 0. The van der Waals surface area contributed by atoms with Crippen molar-refractivity contribution in [2.45, 2.75) is 0 Å². The molecule has 1 saturated carbocycles. The van der Waals surface area contributed by atoms with Crippen LogP contribution in [0.5, 0.6) is 0 Å². The van der Waals surface area contributed by atoms with Gasteiger partial charge in [-0.2, -0.15) is 80.9 Å². The predicted molar refractivity (Wildman–Crippen MR) is 486 cm³/mol. The molecule has 41 heteroatoms. The quantitative estimate of drug-likeness (QED) is 0.0589. The standard InChI is InChI=1S/C26H10N4.C18H8N4.C16F6N4.C12F4N4.C12N6.C12H4N4.C9N4O/c1-29-23(13-27)25-17-9-5-3-7-15(17)19-12-22-20(11-21(19)25)16-8-4-6-10-18(16)26(22)24(14-28)30-2;1-21-18(22-2)16-9-7-14(8-10-16)13-3-5-15(6-4-13)17(11-19)12-20;1-25-16(26-2)9-11(18)8-7(14(21)15(9)22)10(17)6(5(3-23)4-24)12(19)13(8)20;1-19-5(3-17)7-9(13)11(15)8(6(4-18)20-2)12(16)10(7)14;1-16-8(6-15)10-9(7(4-13)5-14)11(10)12(17-2)18-3;1-15-11(7-13)9-3-5-10(6-4-9)12(8-14)16-2;1-12-9(13-2)7-6(8(7)14)5(3-10)4-11/h3-12H;3-10H;;;;3-6H;/b25-23-,26-24+;;;;10-8-;;. The topological polar surface area (TPSA) is 439 Å². The highest BCUT2D eigenvalue weighted by atomic mass is 19.2. The van der Waals surface area contributed by atoms with Crippen molar-refractivity contribution in [3.05, 3.63) is 503 Å². The Hall–Kier alpha value is -25.9. The van der Waals surface area contributed by atoms with Gasteiger partial charge in [0.1, 0.15) is 145 Å². The van der Waals surface area contributed by atoms with Gasteiger partial charge in [-0.25, -0.2) is 115 Å². The first-order chi connectivity index (χ1) is 70.3. The van der Waals surface area contributed by atoms with E-state index in [9.17, 15) is 59.2 Å². The van der Waals surface area contributed by atoms with Gasteiger partial charge < -0.3 is 0 Å². The van der Waals surface area contributed by atoms with E-state index >= 15 is 0 Å². The van der Waals surface area contributed by atoms with Crippen LogP contribution in [0.2, 0.25) is 0 Å². The Kier molecular flexibility index (Phi) is 35.5. The molecule has 0 amide bonds. The van der Waals surface area contributed by atoms with E-state index in [0.29, 0.717) is 32.0 Å². The summed E-state index contributed by atoms with van der Waals surface area (Å²) in [6.45, 7) is 102. The van der Waals surface area contributed by atoms with E-state index in [4.69, 9.17) is 167 Å². The Labute approximate surface area is 814 Å². The molecular weight excluding hydrogens is 1890 g/mol. The van der Waals surface area contributed by atoms with E-state index in [1.54, 1.807) is 78.9 Å². The van der Waals surface area contributed by atoms with Crippen LogP contribution in [0.4, 0.5) is 43.9 Å². The van der Waals surface area contributed by atoms with E-state index in [0.717, 1.165) is 79.2 Å². The Morgan fingerprint density at radius 3 is 0.781 bits per heavy atom. The second-order valence-corrected chi connectivity index (χ2v) is 26.7. The number of nitriles is 15. The lowest BCUT2D eigenvalue weighted by Crippen LogP contribution is -2.30. The molecule has 0 heterocycles. The van der Waals surface area contributed by atoms with Crippen LogP contribution in [0.15, 0.2) is 183 Å². The number of allylic oxidation sites excluding steroid dienone is 7. The van der Waals surface area contributed by atoms with Gasteiger partial charge >= 0.3 is 23.3 Å². The maximum Gasteiger partial charge on any atom is 0.532 e. The van der Waals surface area contributed by atoms with Gasteiger partial charge in [0, 0.05) is 27.5 Å². The molecule has 10 aromatic rings. The predicted octanol–water partition coefficient (Wildman–Crippen LogP) is 14.2. The summed E-state index contributed by atoms with van der Waals surface area (Å²) in [5.74, 6) is -23.0. The molecule has 3 aliphatic carbocycles. The molecule has 146 heavy (non-hydrogen) atoms. The van der Waals surface area contributed by atoms with Gasteiger partial charge in [-0.1, -0.05) is 121 Å². The number of halogens is 10. The van der Waals surface area contributed by atoms with Crippen LogP contribution in [0, 0.1) is 337 Å². The van der Waals surface area contributed by atoms with Crippen LogP contribution in [-0.4, -0.2) is 0 Å². The van der Waals surface area contributed by atoms with Gasteiger partial charge in [0.25, 0.3) is 39.9 Å². The average molecular weight is 1910 g/mol. The number of nitrogens with zero attached hydrogens (tertiary/aromatic N) is 30. The van der Waals surface area contributed by atoms with Crippen LogP contribution >= 0.6 is 0 Å². The minimum absolute atomic E-state index is 0.00660. The van der Waals surface area contributed by atoms with Crippen LogP contribution in [-0.2, 0) is 0 Å². The maximum atomic E-state index is 14.4. The van der Waals surface area contributed by atoms with Crippen molar-refractivity contribution in [3.63, 3.8) is 0 Å². The number of rotatable bonds is 0. The molecule has 3 aliphatic rings. The molecule has 0 aromatic heterocycles. The second kappa shape index (κ2) is 48.4. The SMILES string of the molecule is [C-]#[N+]/C(C#N)=C1/c2ccccc2-c2cc3c(cc21)-c1ccccc1/C3=C(/C#N)[N+]#[C-].[C-]#[N+]C(C#N)=c1c(F)c(F)c(=C(C#N)[N+]#[C-])c(F)c1F.[C-]#[N+]C(C#N)=c1ccc(=C(C#N)[N+]#[C-])cc1.[C-]#[N+]C([N+]#[C-])=C1C(=C(C#N)C#N)/C1=C(\C#N)[N+]#[C-].[C-]#[N+]C([N+]#[C-])=c1c(=O)c1=C(C#N)C#N.[C-]#[N+]C([N+]#[C-])=c1c(F)c(F)c2c(F)c(=C(C#N)C#N)c(F)c(F)c2c1F.[C-]#[N+]C([N+]#[C-])=c1ccc(=c2ccc(=C(C#N)C#N)cc2)cc1. The zero-order valence-corrected chi connectivity index (χ0v) is 71.8. The molecule has 10 aromatic carbocycles. The van der Waals surface area contributed by atoms with Crippen molar-refractivity contribution in [1.82, 2.24) is 0 Å². The van der Waals surface area contributed by atoms with Gasteiger partial charge in [0.15, 0.2) is 52.0 Å². The molecule has 0 aliphatic heterocycles. The summed E-state index contributed by atoms with van der Waals surface area (Å²) in [6.07, 6.45) is 0. The average Bonchev–Trinajstić information content (AvgIpc) is 1.42. The van der Waals surface area contributed by atoms with Crippen molar-refractivity contribution in [2.75, 3.05) is 0 Å². The summed E-state index contributed by atoms with van der Waals surface area (Å²) in [6, 6.07) is 63.4. The molecule has 0 unspecified atom stereocenters. The molecule has 0 saturated heterocycles. The van der Waals surface area contributed by atoms with Crippen molar-refractivity contribution < 1.29 is 43.9 Å². The lowest BCUT2D eigenvalue weighted by molar-refractivity contribution is 0.434. The number of benzene rings is 9. The molecular formula is C105H22F10N30O. The summed E-state index contributed by atoms with van der Waals surface area (Å²) in [5, 5.41) is 126. The highest BCUT2D eigenvalue weighted by Gasteiger charge is 2.44. The van der Waals surface area contributed by atoms with Gasteiger partial charge in [0.2, 0.25) is 0 Å². The lowest BCUT2D eigenvalue weighted by Gasteiger charge is -2.09. The largest absolute Gasteiger partial charge is 0.532 e. The molecule has 0 N–H and O–H groups in total. The van der Waals surface area contributed by atoms with Crippen molar-refractivity contribution >= 4 is 78.9 Å². The lowest BCUT2D eigenvalue weighted by atomic mass is 9.95. The fraction of sp³-hybridized carbons (Fsp3) is 0. The van der Waals surface area contributed by atoms with Crippen LogP contribution < -0.4 is 57.6 Å². The van der Waals surface area contributed by atoms with E-state index in [1.807, 2.05) is 109 Å². The Morgan fingerprint density at radius 1 is 0.199 bits per heavy atom. The van der Waals surface area contributed by atoms with Crippen LogP contribution in [0.25, 0.3) is 174 Å². The van der Waals surface area contributed by atoms with Crippen molar-refractivity contribution in [1.29, 1.82) is 78.9 Å². The monoisotopic (exact) mass is 1910 g/mol. The summed E-state index contributed by atoms with van der Waals surface area (Å²) < 4.78 is 140. The first kappa shape index (κ1) is 107. The molecule has 0 bridgehead atoms. The molecule has 0 spiro atoms. The van der Waals surface area contributed by atoms with Gasteiger partial charge in [-0.15, -0.1) is 0 Å². The first-order valence-electron chi connectivity index (χ1n) is 37.9. The minimum atomic E-state index is -2.22. The third kappa shape index (κ3) is 20.9. The maximum absolute atomic E-state index is 14.4. The molecule has 0 radical (unpaired) electrons. The van der Waals surface area contributed by atoms with Crippen LogP contribution in [0.3, 0.4) is 0 Å². The number of hydrogen-bond donors (Lipinski definition) is 0. The third-order valence-electron chi connectivity index (χ3n) is 19.6. The number of fused-ring (bicyclic) bond motifs is 7. The smallest absolute Gasteiger partial charge is 0.290 e. The van der Waals surface area contributed by atoms with Gasteiger partial charge in [0.05, 0.1) is 131 Å². The molecule has 31 nitrogen and oxygen atoms in total. The minimum Gasteiger partial charge on any atom is -0.290 e. The van der Waals surface area contributed by atoms with Gasteiger partial charge in [-0.05, 0) is 77.5 Å². The first-order valence-corrected chi connectivity index (χ1v) is 37.9. The highest BCUT2D eigenvalue weighted by molar-refractivity contribution is 6.11. The van der Waals surface area contributed by atoms with E-state index in [2.05, 4.69) is 72.7 Å². The van der Waals surface area contributed by atoms with Gasteiger partial charge in [-0.3, -0.25) is 4.79 Å². The fourth-order valence-electron chi connectivity index (χ4n) is 13.2. The Bertz CT molecular complexity index is 9250. The van der Waals surface area contributed by atoms with Crippen molar-refractivity contribution in [2.24, 2.45) is 0 Å². The van der Waals surface area contributed by atoms with Crippen molar-refractivity contribution in [3.8, 4) is 113 Å². The normalized spacial score (nSPS) is 10.7. The molecule has 13 rings (SSSR count). The number of hydrogen-bond acceptors (Lipinski definition) is 16. The third-order valence-corrected chi connectivity index (χ3v) is 19.6. The summed E-state index contributed by atoms with van der Waals surface area (Å²) in [4.78, 5) is 54.8. The molecule has 668 valence electrons. The van der Waals surface area contributed by atoms with E-state index < -0.39 is 118 Å². The van der Waals surface area contributed by atoms with E-state index in [-0.39, 0.29) is 89.8 Å². The molecule has 1 fully saturated rings. The van der Waals surface area contributed by atoms with E-state index in [1.165, 1.54) is 12.1 Å². The molecule has 0 atom stereocenters. The zero-order valence-electron chi connectivity index (χ0n) is 71.8. The summed E-state index contributed by atoms with van der Waals surface area (Å²) in [5.41, 5.74) is 3.53. The second-order valence-electron chi connectivity index (χ2n) is 26.7. The zero-order chi connectivity index (χ0) is 108. The summed E-state index contributed by atoms with van der Waals surface area (Å²) >= 11 is 0. The fourth-order valence-corrected chi connectivity index (χ4v) is 13.2.